The Morgan fingerprint density at radius 2 is 1.90 bits per heavy atom. The van der Waals surface area contributed by atoms with Crippen LogP contribution in [0.1, 0.15) is 12.0 Å². The summed E-state index contributed by atoms with van der Waals surface area (Å²) < 4.78 is 40.8. The third-order valence-corrected chi connectivity index (χ3v) is 5.54. The van der Waals surface area contributed by atoms with Crippen LogP contribution in [0.2, 0.25) is 5.02 Å². The molecule has 0 aliphatic carbocycles. The van der Waals surface area contributed by atoms with Gasteiger partial charge in [-0.2, -0.15) is 0 Å². The lowest BCUT2D eigenvalue weighted by atomic mass is 10.0. The molecule has 21 heavy (non-hydrogen) atoms. The van der Waals surface area contributed by atoms with Crippen molar-refractivity contribution in [2.45, 2.75) is 17.7 Å². The van der Waals surface area contributed by atoms with E-state index in [0.717, 1.165) is 4.31 Å². The van der Waals surface area contributed by atoms with Gasteiger partial charge in [-0.3, -0.25) is 4.31 Å². The Morgan fingerprint density at radius 3 is 2.67 bits per heavy atom. The minimum Gasteiger partial charge on any atom is -0.263 e. The van der Waals surface area contributed by atoms with Crippen molar-refractivity contribution < 1.29 is 12.8 Å². The van der Waals surface area contributed by atoms with Gasteiger partial charge in [0.25, 0.3) is 10.0 Å². The maximum Gasteiger partial charge on any atom is 0.264 e. The van der Waals surface area contributed by atoms with E-state index in [-0.39, 0.29) is 17.1 Å². The van der Waals surface area contributed by atoms with Crippen molar-refractivity contribution in [3.05, 3.63) is 58.9 Å². The normalized spacial score (nSPS) is 14.9. The second-order valence-corrected chi connectivity index (χ2v) is 7.18. The Labute approximate surface area is 128 Å². The molecule has 1 aliphatic rings. The number of anilines is 1. The molecular weight excluding hydrogens is 313 g/mol. The van der Waals surface area contributed by atoms with E-state index in [4.69, 9.17) is 11.6 Å². The molecule has 3 nitrogen and oxygen atoms in total. The Morgan fingerprint density at radius 1 is 1.14 bits per heavy atom. The number of halogens is 2. The first-order chi connectivity index (χ1) is 10.00. The van der Waals surface area contributed by atoms with Gasteiger partial charge in [-0.05, 0) is 42.7 Å². The molecule has 6 heteroatoms. The van der Waals surface area contributed by atoms with Crippen molar-refractivity contribution in [1.29, 1.82) is 0 Å². The molecule has 0 radical (unpaired) electrons. The summed E-state index contributed by atoms with van der Waals surface area (Å²) in [6.45, 7) is 0.267. The average Bonchev–Trinajstić information content (AvgIpc) is 2.47. The summed E-state index contributed by atoms with van der Waals surface area (Å²) in [7, 11) is -3.81. The third kappa shape index (κ3) is 2.51. The number of benzene rings is 2. The number of para-hydroxylation sites is 1. The standard InChI is InChI=1S/C15H13ClFNO2S/c16-12-6-2-7-13(10-12)21(19,20)18-9-3-5-11-4-1-8-14(17)15(11)18/h1-2,4,6-8,10H,3,5,9H2. The lowest BCUT2D eigenvalue weighted by Crippen LogP contribution is -2.36. The molecule has 2 aromatic rings. The Bertz CT molecular complexity index is 792. The van der Waals surface area contributed by atoms with Crippen LogP contribution in [0.5, 0.6) is 0 Å². The van der Waals surface area contributed by atoms with Gasteiger partial charge in [0.2, 0.25) is 0 Å². The summed E-state index contributed by atoms with van der Waals surface area (Å²) in [5, 5.41) is 0.335. The second-order valence-electron chi connectivity index (χ2n) is 4.89. The Balaban J connectivity index is 2.14. The predicted octanol–water partition coefficient (Wildman–Crippen LogP) is 3.62. The summed E-state index contributed by atoms with van der Waals surface area (Å²) in [6.07, 6.45) is 1.34. The highest BCUT2D eigenvalue weighted by atomic mass is 35.5. The summed E-state index contributed by atoms with van der Waals surface area (Å²) in [5.41, 5.74) is 0.871. The van der Waals surface area contributed by atoms with E-state index >= 15 is 0 Å². The zero-order valence-corrected chi connectivity index (χ0v) is 12.7. The highest BCUT2D eigenvalue weighted by Gasteiger charge is 2.31. The number of hydrogen-bond donors (Lipinski definition) is 0. The summed E-state index contributed by atoms with van der Waals surface area (Å²) in [5.74, 6) is -0.516. The van der Waals surface area contributed by atoms with Crippen LogP contribution in [0, 0.1) is 5.82 Å². The molecule has 0 amide bonds. The highest BCUT2D eigenvalue weighted by molar-refractivity contribution is 7.92. The molecule has 0 fully saturated rings. The van der Waals surface area contributed by atoms with Crippen molar-refractivity contribution in [1.82, 2.24) is 0 Å². The molecule has 0 saturated heterocycles. The van der Waals surface area contributed by atoms with Crippen LogP contribution in [0.15, 0.2) is 47.4 Å². The molecule has 1 aliphatic heterocycles. The topological polar surface area (TPSA) is 37.4 Å². The maximum atomic E-state index is 14.1. The van der Waals surface area contributed by atoms with Gasteiger partial charge in [-0.15, -0.1) is 0 Å². The number of hydrogen-bond acceptors (Lipinski definition) is 2. The smallest absolute Gasteiger partial charge is 0.263 e. The van der Waals surface area contributed by atoms with Crippen molar-refractivity contribution in [2.24, 2.45) is 0 Å². The molecule has 0 atom stereocenters. The summed E-state index contributed by atoms with van der Waals surface area (Å²) in [6, 6.07) is 10.7. The summed E-state index contributed by atoms with van der Waals surface area (Å²) >= 11 is 5.86. The van der Waals surface area contributed by atoms with Crippen molar-refractivity contribution in [3.8, 4) is 0 Å². The fourth-order valence-corrected chi connectivity index (χ4v) is 4.41. The van der Waals surface area contributed by atoms with Crippen LogP contribution in [0.3, 0.4) is 0 Å². The molecule has 110 valence electrons. The predicted molar refractivity (Wildman–Crippen MR) is 80.7 cm³/mol. The molecule has 0 bridgehead atoms. The van der Waals surface area contributed by atoms with Gasteiger partial charge < -0.3 is 0 Å². The SMILES string of the molecule is O=S(=O)(c1cccc(Cl)c1)N1CCCc2cccc(F)c21. The maximum absolute atomic E-state index is 14.1. The number of aryl methyl sites for hydroxylation is 1. The van der Waals surface area contributed by atoms with E-state index in [1.54, 1.807) is 24.3 Å². The van der Waals surface area contributed by atoms with Gasteiger partial charge in [0.15, 0.2) is 0 Å². The monoisotopic (exact) mass is 325 g/mol. The number of nitrogens with zero attached hydrogens (tertiary/aromatic N) is 1. The molecule has 3 rings (SSSR count). The van der Waals surface area contributed by atoms with E-state index in [9.17, 15) is 12.8 Å². The lowest BCUT2D eigenvalue weighted by molar-refractivity contribution is 0.577. The van der Waals surface area contributed by atoms with Crippen LogP contribution >= 0.6 is 11.6 Å². The van der Waals surface area contributed by atoms with Gasteiger partial charge >= 0.3 is 0 Å². The molecular formula is C15H13ClFNO2S. The molecule has 0 N–H and O–H groups in total. The van der Waals surface area contributed by atoms with E-state index < -0.39 is 15.8 Å². The largest absolute Gasteiger partial charge is 0.264 e. The number of rotatable bonds is 2. The van der Waals surface area contributed by atoms with Crippen LogP contribution in [0.25, 0.3) is 0 Å². The van der Waals surface area contributed by atoms with Gasteiger partial charge in [-0.1, -0.05) is 29.8 Å². The molecule has 0 spiro atoms. The first kappa shape index (κ1) is 14.4. The first-order valence-corrected chi connectivity index (χ1v) is 8.37. The zero-order valence-electron chi connectivity index (χ0n) is 11.1. The van der Waals surface area contributed by atoms with Crippen LogP contribution in [0.4, 0.5) is 10.1 Å². The van der Waals surface area contributed by atoms with E-state index in [1.807, 2.05) is 0 Å². The fourth-order valence-electron chi connectivity index (χ4n) is 2.56. The average molecular weight is 326 g/mol. The van der Waals surface area contributed by atoms with Crippen molar-refractivity contribution in [2.75, 3.05) is 10.8 Å². The first-order valence-electron chi connectivity index (χ1n) is 6.56. The fraction of sp³-hybridized carbons (Fsp3) is 0.200. The third-order valence-electron chi connectivity index (χ3n) is 3.51. The molecule has 1 heterocycles. The minimum atomic E-state index is -3.81. The molecule has 0 aromatic heterocycles. The van der Waals surface area contributed by atoms with E-state index in [2.05, 4.69) is 0 Å². The molecule has 2 aromatic carbocycles. The Hall–Kier alpha value is -1.59. The van der Waals surface area contributed by atoms with E-state index in [0.29, 0.717) is 23.4 Å². The van der Waals surface area contributed by atoms with Gasteiger partial charge in [0, 0.05) is 11.6 Å². The zero-order chi connectivity index (χ0) is 15.0. The van der Waals surface area contributed by atoms with Crippen molar-refractivity contribution >= 4 is 27.3 Å². The van der Waals surface area contributed by atoms with Crippen LogP contribution < -0.4 is 4.31 Å². The Kier molecular flexibility index (Phi) is 3.63. The minimum absolute atomic E-state index is 0.0751. The number of fused-ring (bicyclic) bond motifs is 1. The van der Waals surface area contributed by atoms with Crippen molar-refractivity contribution in [3.63, 3.8) is 0 Å². The molecule has 0 saturated carbocycles. The van der Waals surface area contributed by atoms with Gasteiger partial charge in [-0.25, -0.2) is 12.8 Å². The van der Waals surface area contributed by atoms with E-state index in [1.165, 1.54) is 18.2 Å². The van der Waals surface area contributed by atoms with Crippen LogP contribution in [-0.4, -0.2) is 15.0 Å². The lowest BCUT2D eigenvalue weighted by Gasteiger charge is -2.30. The quantitative estimate of drug-likeness (QED) is 0.845. The highest BCUT2D eigenvalue weighted by Crippen LogP contribution is 2.34. The van der Waals surface area contributed by atoms with Gasteiger partial charge in [0.05, 0.1) is 10.6 Å². The van der Waals surface area contributed by atoms with Gasteiger partial charge in [0.1, 0.15) is 5.82 Å². The van der Waals surface area contributed by atoms with Crippen LogP contribution in [-0.2, 0) is 16.4 Å². The second kappa shape index (κ2) is 5.31. The number of sulfonamides is 1. The summed E-state index contributed by atoms with van der Waals surface area (Å²) in [4.78, 5) is 0.0751. The molecule has 0 unspecified atom stereocenters.